The first-order valence-electron chi connectivity index (χ1n) is 12.0. The molecule has 1 atom stereocenters. The fourth-order valence-electron chi connectivity index (χ4n) is 4.43. The maximum Gasteiger partial charge on any atom is 0.255 e. The average molecular weight is 496 g/mol. The van der Waals surface area contributed by atoms with E-state index in [1.165, 1.54) is 16.7 Å². The lowest BCUT2D eigenvalue weighted by Crippen LogP contribution is -2.31. The predicted molar refractivity (Wildman–Crippen MR) is 146 cm³/mol. The summed E-state index contributed by atoms with van der Waals surface area (Å²) >= 11 is 1.60. The number of carbonyl (C=O) groups is 1. The molecule has 0 spiro atoms. The van der Waals surface area contributed by atoms with Crippen molar-refractivity contribution < 1.29 is 4.79 Å². The van der Waals surface area contributed by atoms with Gasteiger partial charge in [-0.3, -0.25) is 4.79 Å². The van der Waals surface area contributed by atoms with Crippen molar-refractivity contribution in [3.63, 3.8) is 0 Å². The number of carbonyl (C=O) groups excluding carboxylic acids is 1. The molecule has 2 N–H and O–H groups in total. The van der Waals surface area contributed by atoms with Gasteiger partial charge >= 0.3 is 0 Å². The molecule has 1 aromatic heterocycles. The van der Waals surface area contributed by atoms with E-state index in [9.17, 15) is 4.79 Å². The van der Waals surface area contributed by atoms with E-state index in [1.54, 1.807) is 11.8 Å². The number of thioether (sulfide) groups is 1. The van der Waals surface area contributed by atoms with Crippen molar-refractivity contribution in [3.8, 4) is 0 Å². The smallest absolute Gasteiger partial charge is 0.255 e. The number of nitrogens with zero attached hydrogens (tertiary/aromatic N) is 3. The molecular formula is C29H29N5OS. The van der Waals surface area contributed by atoms with Gasteiger partial charge in [-0.2, -0.15) is 4.98 Å². The van der Waals surface area contributed by atoms with Gasteiger partial charge in [0.15, 0.2) is 0 Å². The molecular weight excluding hydrogens is 466 g/mol. The van der Waals surface area contributed by atoms with Crippen molar-refractivity contribution >= 4 is 29.3 Å². The Morgan fingerprint density at radius 1 is 0.972 bits per heavy atom. The Hall–Kier alpha value is -3.84. The number of amides is 1. The Morgan fingerprint density at radius 3 is 2.50 bits per heavy atom. The van der Waals surface area contributed by atoms with Crippen LogP contribution < -0.4 is 10.6 Å². The van der Waals surface area contributed by atoms with Crippen molar-refractivity contribution in [1.29, 1.82) is 0 Å². The number of hydrogen-bond acceptors (Lipinski definition) is 5. The van der Waals surface area contributed by atoms with E-state index in [2.05, 4.69) is 42.7 Å². The van der Waals surface area contributed by atoms with Crippen LogP contribution in [0, 0.1) is 20.8 Å². The summed E-state index contributed by atoms with van der Waals surface area (Å²) in [5, 5.41) is 12.0. The van der Waals surface area contributed by atoms with E-state index < -0.39 is 6.04 Å². The maximum atomic E-state index is 13.6. The molecule has 2 heterocycles. The van der Waals surface area contributed by atoms with Crippen LogP contribution in [0.25, 0.3) is 0 Å². The number of benzene rings is 3. The third-order valence-electron chi connectivity index (χ3n) is 6.45. The highest BCUT2D eigenvalue weighted by Crippen LogP contribution is 2.37. The Bertz CT molecular complexity index is 1460. The molecule has 0 aliphatic carbocycles. The zero-order chi connectivity index (χ0) is 25.2. The molecule has 1 aliphatic rings. The van der Waals surface area contributed by atoms with Crippen molar-refractivity contribution in [2.45, 2.75) is 44.6 Å². The van der Waals surface area contributed by atoms with Gasteiger partial charge in [-0.15, -0.1) is 5.10 Å². The summed E-state index contributed by atoms with van der Waals surface area (Å²) < 4.78 is 1.83. The molecule has 1 aliphatic heterocycles. The third kappa shape index (κ3) is 4.79. The first kappa shape index (κ1) is 23.9. The van der Waals surface area contributed by atoms with Crippen molar-refractivity contribution in [3.05, 3.63) is 112 Å². The quantitative estimate of drug-likeness (QED) is 0.302. The van der Waals surface area contributed by atoms with E-state index in [-0.39, 0.29) is 5.91 Å². The first-order chi connectivity index (χ1) is 17.4. The number of aromatic nitrogens is 3. The topological polar surface area (TPSA) is 71.8 Å². The molecule has 0 radical (unpaired) electrons. The molecule has 4 aromatic rings. The second-order valence-corrected chi connectivity index (χ2v) is 10.1. The second-order valence-electron chi connectivity index (χ2n) is 9.13. The Morgan fingerprint density at radius 2 is 1.72 bits per heavy atom. The summed E-state index contributed by atoms with van der Waals surface area (Å²) in [6.07, 6.45) is 0. The van der Waals surface area contributed by atoms with Gasteiger partial charge in [-0.05, 0) is 56.0 Å². The van der Waals surface area contributed by atoms with Crippen LogP contribution in [0.2, 0.25) is 0 Å². The fraction of sp³-hybridized carbons (Fsp3) is 0.207. The van der Waals surface area contributed by atoms with Gasteiger partial charge < -0.3 is 10.6 Å². The highest BCUT2D eigenvalue weighted by molar-refractivity contribution is 7.98. The zero-order valence-electron chi connectivity index (χ0n) is 20.9. The molecule has 1 amide bonds. The zero-order valence-corrected chi connectivity index (χ0v) is 21.7. The molecule has 0 bridgehead atoms. The molecule has 0 saturated heterocycles. The summed E-state index contributed by atoms with van der Waals surface area (Å²) in [6.45, 7) is 8.14. The molecule has 36 heavy (non-hydrogen) atoms. The van der Waals surface area contributed by atoms with Crippen LogP contribution in [0.4, 0.5) is 11.6 Å². The van der Waals surface area contributed by atoms with Crippen LogP contribution in [0.5, 0.6) is 0 Å². The number of rotatable bonds is 6. The maximum absolute atomic E-state index is 13.6. The van der Waals surface area contributed by atoms with Crippen LogP contribution in [0.15, 0.2) is 89.2 Å². The monoisotopic (exact) mass is 495 g/mol. The van der Waals surface area contributed by atoms with Crippen LogP contribution in [-0.4, -0.2) is 20.7 Å². The number of aryl methyl sites for hydroxylation is 3. The number of fused-ring (bicyclic) bond motifs is 1. The molecule has 0 unspecified atom stereocenters. The van der Waals surface area contributed by atoms with Gasteiger partial charge in [0.2, 0.25) is 11.1 Å². The normalized spacial score (nSPS) is 14.8. The molecule has 0 saturated carbocycles. The fourth-order valence-corrected chi connectivity index (χ4v) is 5.32. The highest BCUT2D eigenvalue weighted by Gasteiger charge is 2.34. The summed E-state index contributed by atoms with van der Waals surface area (Å²) in [4.78, 5) is 18.4. The minimum Gasteiger partial charge on any atom is -0.328 e. The summed E-state index contributed by atoms with van der Waals surface area (Å²) in [7, 11) is 0. The van der Waals surface area contributed by atoms with Crippen molar-refractivity contribution in [2.75, 3.05) is 10.6 Å². The van der Waals surface area contributed by atoms with Crippen molar-refractivity contribution in [2.24, 2.45) is 0 Å². The number of hydrogen-bond donors (Lipinski definition) is 2. The molecule has 3 aromatic carbocycles. The van der Waals surface area contributed by atoms with E-state index in [4.69, 9.17) is 10.1 Å². The predicted octanol–water partition coefficient (Wildman–Crippen LogP) is 6.42. The second kappa shape index (κ2) is 10.0. The van der Waals surface area contributed by atoms with Gasteiger partial charge in [-0.1, -0.05) is 84.1 Å². The largest absolute Gasteiger partial charge is 0.328 e. The molecule has 5 rings (SSSR count). The molecule has 6 nitrogen and oxygen atoms in total. The van der Waals surface area contributed by atoms with E-state index in [0.717, 1.165) is 28.3 Å². The molecule has 7 heteroatoms. The van der Waals surface area contributed by atoms with Gasteiger partial charge in [0, 0.05) is 17.1 Å². The first-order valence-corrected chi connectivity index (χ1v) is 12.9. The Kier molecular flexibility index (Phi) is 6.65. The minimum absolute atomic E-state index is 0.158. The standard InChI is InChI=1S/C29H29N5OS/c1-18-14-15-19(2)23(16-18)17-36-29-32-28-30-21(4)25(27(35)31-24-13-9-8-10-20(24)3)26(34(28)33-29)22-11-6-5-7-12-22/h5-16,26H,17H2,1-4H3,(H,31,35)(H,30,32,33)/t26-/m0/s1. The number of allylic oxidation sites excluding steroid dienone is 1. The summed E-state index contributed by atoms with van der Waals surface area (Å²) in [5.41, 5.74) is 7.93. The Balaban J connectivity index is 1.48. The summed E-state index contributed by atoms with van der Waals surface area (Å²) in [5.74, 6) is 1.26. The van der Waals surface area contributed by atoms with Gasteiger partial charge in [0.1, 0.15) is 6.04 Å². The Labute approximate surface area is 215 Å². The van der Waals surface area contributed by atoms with Gasteiger partial charge in [0.25, 0.3) is 5.91 Å². The van der Waals surface area contributed by atoms with E-state index in [1.807, 2.05) is 73.1 Å². The van der Waals surface area contributed by atoms with Crippen LogP contribution in [0.3, 0.4) is 0 Å². The van der Waals surface area contributed by atoms with Gasteiger partial charge in [-0.25, -0.2) is 4.68 Å². The van der Waals surface area contributed by atoms with Gasteiger partial charge in [0.05, 0.1) is 5.57 Å². The highest BCUT2D eigenvalue weighted by atomic mass is 32.2. The molecule has 182 valence electrons. The number of para-hydroxylation sites is 1. The minimum atomic E-state index is -0.394. The van der Waals surface area contributed by atoms with Crippen LogP contribution in [-0.2, 0) is 10.5 Å². The number of nitrogens with one attached hydrogen (secondary N) is 2. The van der Waals surface area contributed by atoms with Crippen molar-refractivity contribution in [1.82, 2.24) is 14.8 Å². The molecule has 0 fully saturated rings. The lowest BCUT2D eigenvalue weighted by molar-refractivity contribution is -0.113. The van der Waals surface area contributed by atoms with Crippen LogP contribution in [0.1, 0.15) is 40.8 Å². The lowest BCUT2D eigenvalue weighted by atomic mass is 9.95. The van der Waals surface area contributed by atoms with E-state index in [0.29, 0.717) is 16.7 Å². The lowest BCUT2D eigenvalue weighted by Gasteiger charge is -2.28. The van der Waals surface area contributed by atoms with E-state index >= 15 is 0 Å². The van der Waals surface area contributed by atoms with Crippen LogP contribution >= 0.6 is 11.8 Å². The average Bonchev–Trinajstić information content (AvgIpc) is 3.28. The number of anilines is 2. The summed E-state index contributed by atoms with van der Waals surface area (Å²) in [6, 6.07) is 23.9. The SMILES string of the molecule is CC1=C(C(=O)Nc2ccccc2C)[C@H](c2ccccc2)n2nc(SCc3cc(C)ccc3C)nc2N1. The third-order valence-corrected chi connectivity index (χ3v) is 7.33.